The molecule has 2 aromatic rings. The number of rotatable bonds is 7. The number of benzene rings is 1. The number of carbonyl (C=O) groups is 1. The molecule has 0 bridgehead atoms. The van der Waals surface area contributed by atoms with Gasteiger partial charge in [0.25, 0.3) is 0 Å². The summed E-state index contributed by atoms with van der Waals surface area (Å²) >= 11 is 1.87. The van der Waals surface area contributed by atoms with E-state index in [2.05, 4.69) is 36.1 Å². The topological polar surface area (TPSA) is 40.5 Å². The monoisotopic (exact) mass is 315 g/mol. The number of aryl methyl sites for hydroxylation is 1. The number of carboxylic acid groups (broad SMARTS) is 1. The molecule has 4 heteroatoms. The van der Waals surface area contributed by atoms with Crippen molar-refractivity contribution in [3.8, 4) is 0 Å². The Bertz CT molecular complexity index is 643. The highest BCUT2D eigenvalue weighted by Crippen LogP contribution is 2.31. The first-order valence-corrected chi connectivity index (χ1v) is 8.51. The summed E-state index contributed by atoms with van der Waals surface area (Å²) in [5.74, 6) is -0.777. The summed E-state index contributed by atoms with van der Waals surface area (Å²) in [6, 6.07) is 13.1. The van der Waals surface area contributed by atoms with Gasteiger partial charge < -0.3 is 5.11 Å². The second-order valence-electron chi connectivity index (χ2n) is 6.04. The van der Waals surface area contributed by atoms with Crippen molar-refractivity contribution in [2.24, 2.45) is 0 Å². The van der Waals surface area contributed by atoms with Crippen LogP contribution in [0.15, 0.2) is 36.4 Å². The number of hydrogen-bond donors (Lipinski definition) is 1. The van der Waals surface area contributed by atoms with Gasteiger partial charge >= 0.3 is 5.97 Å². The fourth-order valence-electron chi connectivity index (χ4n) is 2.70. The Labute approximate surface area is 135 Å². The predicted octanol–water partition coefficient (Wildman–Crippen LogP) is 3.85. The average molecular weight is 315 g/mol. The van der Waals surface area contributed by atoms with Gasteiger partial charge in [-0.3, -0.25) is 9.69 Å². The molecule has 3 rings (SSSR count). The number of nitrogens with zero attached hydrogens (tertiary/aromatic N) is 1. The molecule has 0 radical (unpaired) electrons. The molecule has 3 nitrogen and oxygen atoms in total. The van der Waals surface area contributed by atoms with Gasteiger partial charge in [0.1, 0.15) is 0 Å². The lowest BCUT2D eigenvalue weighted by atomic mass is 10.1. The minimum Gasteiger partial charge on any atom is -0.481 e. The summed E-state index contributed by atoms with van der Waals surface area (Å²) < 4.78 is 0. The predicted molar refractivity (Wildman–Crippen MR) is 89.1 cm³/mol. The molecule has 1 heterocycles. The van der Waals surface area contributed by atoms with Crippen LogP contribution in [-0.2, 0) is 24.3 Å². The highest BCUT2D eigenvalue weighted by molar-refractivity contribution is 7.11. The van der Waals surface area contributed by atoms with Crippen LogP contribution in [0.4, 0.5) is 0 Å². The smallest absolute Gasteiger partial charge is 0.307 e. The molecule has 0 saturated heterocycles. The third-order valence-electron chi connectivity index (χ3n) is 3.98. The van der Waals surface area contributed by atoms with Gasteiger partial charge in [-0.05, 0) is 43.0 Å². The van der Waals surface area contributed by atoms with Crippen LogP contribution < -0.4 is 0 Å². The van der Waals surface area contributed by atoms with E-state index in [1.807, 2.05) is 23.5 Å². The van der Waals surface area contributed by atoms with Crippen molar-refractivity contribution in [1.82, 2.24) is 4.90 Å². The summed E-state index contributed by atoms with van der Waals surface area (Å²) in [6.07, 6.45) is 2.68. The molecule has 1 aromatic heterocycles. The van der Waals surface area contributed by atoms with Crippen molar-refractivity contribution in [2.45, 2.75) is 45.3 Å². The maximum absolute atomic E-state index is 10.7. The summed E-state index contributed by atoms with van der Waals surface area (Å²) in [4.78, 5) is 16.1. The fourth-order valence-corrected chi connectivity index (χ4v) is 3.61. The molecule has 1 fully saturated rings. The first kappa shape index (κ1) is 15.3. The number of carboxylic acids is 1. The van der Waals surface area contributed by atoms with Crippen molar-refractivity contribution < 1.29 is 9.90 Å². The summed E-state index contributed by atoms with van der Waals surface area (Å²) in [5, 5.41) is 8.82. The normalized spacial score (nSPS) is 14.5. The van der Waals surface area contributed by atoms with Gasteiger partial charge in [0.2, 0.25) is 0 Å². The van der Waals surface area contributed by atoms with E-state index in [1.54, 1.807) is 0 Å². The maximum atomic E-state index is 10.7. The van der Waals surface area contributed by atoms with E-state index in [-0.39, 0.29) is 6.42 Å². The van der Waals surface area contributed by atoms with Crippen molar-refractivity contribution in [2.75, 3.05) is 0 Å². The molecule has 1 aliphatic rings. The van der Waals surface area contributed by atoms with E-state index in [0.717, 1.165) is 18.7 Å². The lowest BCUT2D eigenvalue weighted by Crippen LogP contribution is -2.24. The first-order chi connectivity index (χ1) is 10.6. The van der Waals surface area contributed by atoms with Gasteiger partial charge in [0, 0.05) is 28.9 Å². The number of hydrogen-bond acceptors (Lipinski definition) is 3. The molecule has 1 N–H and O–H groups in total. The Kier molecular flexibility index (Phi) is 4.60. The van der Waals surface area contributed by atoms with Crippen LogP contribution >= 0.6 is 11.3 Å². The van der Waals surface area contributed by atoms with Crippen LogP contribution in [0.25, 0.3) is 0 Å². The van der Waals surface area contributed by atoms with E-state index < -0.39 is 5.97 Å². The molecule has 0 aliphatic heterocycles. The zero-order chi connectivity index (χ0) is 15.5. The van der Waals surface area contributed by atoms with E-state index in [9.17, 15) is 4.79 Å². The zero-order valence-corrected chi connectivity index (χ0v) is 13.6. The molecule has 1 saturated carbocycles. The molecular formula is C18H21NO2S. The maximum Gasteiger partial charge on any atom is 0.307 e. The van der Waals surface area contributed by atoms with Gasteiger partial charge in [-0.1, -0.05) is 24.3 Å². The largest absolute Gasteiger partial charge is 0.481 e. The van der Waals surface area contributed by atoms with Crippen molar-refractivity contribution in [1.29, 1.82) is 0 Å². The molecule has 0 atom stereocenters. The molecule has 22 heavy (non-hydrogen) atoms. The average Bonchev–Trinajstić information content (AvgIpc) is 3.24. The summed E-state index contributed by atoms with van der Waals surface area (Å²) in [5.41, 5.74) is 2.12. The van der Waals surface area contributed by atoms with Gasteiger partial charge in [0.05, 0.1) is 6.42 Å². The molecule has 0 amide bonds. The molecular weight excluding hydrogens is 294 g/mol. The van der Waals surface area contributed by atoms with E-state index in [0.29, 0.717) is 6.04 Å². The third kappa shape index (κ3) is 4.18. The minimum absolute atomic E-state index is 0.0983. The van der Waals surface area contributed by atoms with E-state index in [4.69, 9.17) is 5.11 Å². The van der Waals surface area contributed by atoms with Crippen molar-refractivity contribution in [3.63, 3.8) is 0 Å². The number of thiophene rings is 1. The van der Waals surface area contributed by atoms with Crippen LogP contribution in [0.2, 0.25) is 0 Å². The fraction of sp³-hybridized carbons (Fsp3) is 0.389. The lowest BCUT2D eigenvalue weighted by molar-refractivity contribution is -0.136. The Morgan fingerprint density at radius 3 is 2.36 bits per heavy atom. The SMILES string of the molecule is Cc1ccc(CN(Cc2ccc(CC(=O)O)cc2)C2CC2)s1. The minimum atomic E-state index is -0.777. The summed E-state index contributed by atoms with van der Waals surface area (Å²) in [7, 11) is 0. The molecule has 116 valence electrons. The van der Waals surface area contributed by atoms with Crippen LogP contribution in [-0.4, -0.2) is 22.0 Å². The Morgan fingerprint density at radius 2 is 1.82 bits per heavy atom. The lowest BCUT2D eigenvalue weighted by Gasteiger charge is -2.21. The highest BCUT2D eigenvalue weighted by atomic mass is 32.1. The first-order valence-electron chi connectivity index (χ1n) is 7.69. The van der Waals surface area contributed by atoms with E-state index in [1.165, 1.54) is 28.2 Å². The Hall–Kier alpha value is -1.65. The van der Waals surface area contributed by atoms with Crippen LogP contribution in [0.1, 0.15) is 33.7 Å². The van der Waals surface area contributed by atoms with Crippen LogP contribution in [0, 0.1) is 6.92 Å². The third-order valence-corrected chi connectivity index (χ3v) is 4.97. The van der Waals surface area contributed by atoms with Gasteiger partial charge in [0.15, 0.2) is 0 Å². The quantitative estimate of drug-likeness (QED) is 0.844. The van der Waals surface area contributed by atoms with Crippen molar-refractivity contribution in [3.05, 3.63) is 57.3 Å². The van der Waals surface area contributed by atoms with Crippen LogP contribution in [0.5, 0.6) is 0 Å². The Balaban J connectivity index is 1.64. The molecule has 0 spiro atoms. The standard InChI is InChI=1S/C18H21NO2S/c1-13-2-9-17(22-13)12-19(16-7-8-16)11-15-5-3-14(4-6-15)10-18(20)21/h2-6,9,16H,7-8,10-12H2,1H3,(H,20,21). The number of aliphatic carboxylic acids is 1. The second kappa shape index (κ2) is 6.63. The Morgan fingerprint density at radius 1 is 1.14 bits per heavy atom. The highest BCUT2D eigenvalue weighted by Gasteiger charge is 2.29. The van der Waals surface area contributed by atoms with E-state index >= 15 is 0 Å². The molecule has 1 aliphatic carbocycles. The van der Waals surface area contributed by atoms with Crippen molar-refractivity contribution >= 4 is 17.3 Å². The summed E-state index contributed by atoms with van der Waals surface area (Å²) in [6.45, 7) is 4.10. The van der Waals surface area contributed by atoms with Crippen LogP contribution in [0.3, 0.4) is 0 Å². The second-order valence-corrected chi connectivity index (χ2v) is 7.41. The zero-order valence-electron chi connectivity index (χ0n) is 12.8. The van der Waals surface area contributed by atoms with Gasteiger partial charge in [-0.25, -0.2) is 0 Å². The molecule has 1 aromatic carbocycles. The van der Waals surface area contributed by atoms with Gasteiger partial charge in [-0.15, -0.1) is 11.3 Å². The van der Waals surface area contributed by atoms with Gasteiger partial charge in [-0.2, -0.15) is 0 Å². The molecule has 0 unspecified atom stereocenters.